The smallest absolute Gasteiger partial charge is 0.293 e. The molecule has 3 rings (SSSR count). The molecule has 0 radical (unpaired) electrons. The molecule has 0 aromatic heterocycles. The number of amides is 2. The minimum absolute atomic E-state index is 0.206. The zero-order valence-electron chi connectivity index (χ0n) is 14.3. The van der Waals surface area contributed by atoms with Gasteiger partial charge in [-0.3, -0.25) is 14.5 Å². The summed E-state index contributed by atoms with van der Waals surface area (Å²) < 4.78 is 5.75. The summed E-state index contributed by atoms with van der Waals surface area (Å²) >= 11 is 7.10. The molecule has 2 aromatic carbocycles. The number of benzene rings is 2. The van der Waals surface area contributed by atoms with Gasteiger partial charge in [0, 0.05) is 17.1 Å². The number of hydrogen-bond donors (Lipinski definition) is 0. The molecule has 1 aliphatic heterocycles. The van der Waals surface area contributed by atoms with Crippen LogP contribution in [-0.4, -0.2) is 22.6 Å². The summed E-state index contributed by atoms with van der Waals surface area (Å²) in [4.78, 5) is 25.9. The summed E-state index contributed by atoms with van der Waals surface area (Å²) in [7, 11) is 0. The van der Waals surface area contributed by atoms with Gasteiger partial charge in [-0.15, -0.1) is 0 Å². The standard InChI is InChI=1S/C20H18ClNO3S/c1-2-11-22-19(23)18(26-20(22)24)12-14-7-9-16(10-8-14)25-13-15-5-3-4-6-17(15)21/h3-10,12H,2,11,13H2,1H3. The van der Waals surface area contributed by atoms with Gasteiger partial charge < -0.3 is 4.74 Å². The van der Waals surface area contributed by atoms with E-state index in [9.17, 15) is 9.59 Å². The molecule has 0 bridgehead atoms. The Kier molecular flexibility index (Phi) is 6.01. The minimum Gasteiger partial charge on any atom is -0.489 e. The Morgan fingerprint density at radius 1 is 1.12 bits per heavy atom. The predicted octanol–water partition coefficient (Wildman–Crippen LogP) is 5.37. The number of carbonyl (C=O) groups is 2. The number of hydrogen-bond acceptors (Lipinski definition) is 4. The third-order valence-corrected chi connectivity index (χ3v) is 5.13. The molecule has 6 heteroatoms. The Labute approximate surface area is 161 Å². The van der Waals surface area contributed by atoms with Crippen molar-refractivity contribution < 1.29 is 14.3 Å². The first-order valence-corrected chi connectivity index (χ1v) is 9.49. The maximum Gasteiger partial charge on any atom is 0.293 e. The number of carbonyl (C=O) groups excluding carboxylic acids is 2. The summed E-state index contributed by atoms with van der Waals surface area (Å²) in [5, 5.41) is 0.467. The first-order valence-electron chi connectivity index (χ1n) is 8.30. The maximum absolute atomic E-state index is 12.2. The SMILES string of the molecule is CCCN1C(=O)SC(=Cc2ccc(OCc3ccccc3Cl)cc2)C1=O. The van der Waals surface area contributed by atoms with Crippen molar-refractivity contribution in [3.8, 4) is 5.75 Å². The van der Waals surface area contributed by atoms with Crippen molar-refractivity contribution in [3.63, 3.8) is 0 Å². The topological polar surface area (TPSA) is 46.6 Å². The molecule has 0 N–H and O–H groups in total. The van der Waals surface area contributed by atoms with Gasteiger partial charge in [0.1, 0.15) is 12.4 Å². The normalized spacial score (nSPS) is 15.8. The van der Waals surface area contributed by atoms with E-state index in [0.717, 1.165) is 29.3 Å². The van der Waals surface area contributed by atoms with E-state index in [0.29, 0.717) is 28.8 Å². The van der Waals surface area contributed by atoms with Gasteiger partial charge in [0.25, 0.3) is 11.1 Å². The largest absolute Gasteiger partial charge is 0.489 e. The lowest BCUT2D eigenvalue weighted by Gasteiger charge is -2.09. The van der Waals surface area contributed by atoms with Crippen LogP contribution in [0.25, 0.3) is 6.08 Å². The fourth-order valence-electron chi connectivity index (χ4n) is 2.50. The molecule has 1 saturated heterocycles. The van der Waals surface area contributed by atoms with Crippen LogP contribution >= 0.6 is 23.4 Å². The van der Waals surface area contributed by atoms with Crippen molar-refractivity contribution in [2.45, 2.75) is 20.0 Å². The van der Waals surface area contributed by atoms with E-state index < -0.39 is 0 Å². The van der Waals surface area contributed by atoms with Crippen LogP contribution in [0.2, 0.25) is 5.02 Å². The summed E-state index contributed by atoms with van der Waals surface area (Å²) in [5.74, 6) is 0.488. The monoisotopic (exact) mass is 387 g/mol. The van der Waals surface area contributed by atoms with Crippen molar-refractivity contribution in [1.29, 1.82) is 0 Å². The second-order valence-electron chi connectivity index (χ2n) is 5.78. The van der Waals surface area contributed by atoms with Crippen molar-refractivity contribution in [2.75, 3.05) is 6.54 Å². The van der Waals surface area contributed by atoms with E-state index in [1.165, 1.54) is 4.90 Å². The Morgan fingerprint density at radius 3 is 2.54 bits per heavy atom. The lowest BCUT2D eigenvalue weighted by Crippen LogP contribution is -2.28. The first-order chi connectivity index (χ1) is 12.6. The number of imide groups is 1. The molecule has 134 valence electrons. The molecular weight excluding hydrogens is 370 g/mol. The van der Waals surface area contributed by atoms with E-state index in [-0.39, 0.29) is 11.1 Å². The third-order valence-electron chi connectivity index (χ3n) is 3.85. The number of halogens is 1. The number of nitrogens with zero attached hydrogens (tertiary/aromatic N) is 1. The zero-order valence-corrected chi connectivity index (χ0v) is 15.8. The highest BCUT2D eigenvalue weighted by molar-refractivity contribution is 8.18. The van der Waals surface area contributed by atoms with E-state index in [1.54, 1.807) is 6.08 Å². The highest BCUT2D eigenvalue weighted by Gasteiger charge is 2.34. The van der Waals surface area contributed by atoms with Crippen molar-refractivity contribution in [2.24, 2.45) is 0 Å². The molecule has 1 aliphatic rings. The van der Waals surface area contributed by atoms with Crippen LogP contribution in [0.3, 0.4) is 0 Å². The van der Waals surface area contributed by atoms with Gasteiger partial charge in [-0.05, 0) is 48.0 Å². The Balaban J connectivity index is 1.65. The van der Waals surface area contributed by atoms with Crippen LogP contribution in [0.5, 0.6) is 5.75 Å². The quantitative estimate of drug-likeness (QED) is 0.625. The molecular formula is C20H18ClNO3S. The lowest BCUT2D eigenvalue weighted by atomic mass is 10.2. The molecule has 2 amide bonds. The fourth-order valence-corrected chi connectivity index (χ4v) is 3.56. The molecule has 1 fully saturated rings. The highest BCUT2D eigenvalue weighted by atomic mass is 35.5. The summed E-state index contributed by atoms with van der Waals surface area (Å²) in [5.41, 5.74) is 1.76. The van der Waals surface area contributed by atoms with Gasteiger partial charge in [-0.25, -0.2) is 0 Å². The lowest BCUT2D eigenvalue weighted by molar-refractivity contribution is -0.122. The Bertz CT molecular complexity index is 848. The zero-order chi connectivity index (χ0) is 18.5. The molecule has 26 heavy (non-hydrogen) atoms. The van der Waals surface area contributed by atoms with E-state index in [4.69, 9.17) is 16.3 Å². The molecule has 1 heterocycles. The van der Waals surface area contributed by atoms with Crippen LogP contribution in [0, 0.1) is 0 Å². The van der Waals surface area contributed by atoms with Crippen LogP contribution < -0.4 is 4.74 Å². The molecule has 0 saturated carbocycles. The van der Waals surface area contributed by atoms with Gasteiger partial charge in [-0.2, -0.15) is 0 Å². The molecule has 0 spiro atoms. The number of rotatable bonds is 6. The summed E-state index contributed by atoms with van der Waals surface area (Å²) in [6.45, 7) is 2.78. The van der Waals surface area contributed by atoms with Crippen LogP contribution in [0.4, 0.5) is 4.79 Å². The van der Waals surface area contributed by atoms with Crippen molar-refractivity contribution >= 4 is 40.6 Å². The molecule has 0 aliphatic carbocycles. The van der Waals surface area contributed by atoms with Crippen LogP contribution in [0.15, 0.2) is 53.4 Å². The van der Waals surface area contributed by atoms with Gasteiger partial charge in [-0.1, -0.05) is 48.9 Å². The Morgan fingerprint density at radius 2 is 1.85 bits per heavy atom. The van der Waals surface area contributed by atoms with Crippen molar-refractivity contribution in [1.82, 2.24) is 4.90 Å². The van der Waals surface area contributed by atoms with Gasteiger partial charge in [0.15, 0.2) is 0 Å². The van der Waals surface area contributed by atoms with Gasteiger partial charge >= 0.3 is 0 Å². The molecule has 0 atom stereocenters. The van der Waals surface area contributed by atoms with Gasteiger partial charge in [0.2, 0.25) is 0 Å². The third kappa shape index (κ3) is 4.29. The number of ether oxygens (including phenoxy) is 1. The second kappa shape index (κ2) is 8.43. The Hall–Kier alpha value is -2.24. The summed E-state index contributed by atoms with van der Waals surface area (Å²) in [6.07, 6.45) is 2.49. The average Bonchev–Trinajstić information content (AvgIpc) is 2.90. The first kappa shape index (κ1) is 18.5. The van der Waals surface area contributed by atoms with Crippen LogP contribution in [0.1, 0.15) is 24.5 Å². The van der Waals surface area contributed by atoms with E-state index >= 15 is 0 Å². The molecule has 2 aromatic rings. The predicted molar refractivity (Wildman–Crippen MR) is 105 cm³/mol. The van der Waals surface area contributed by atoms with Crippen molar-refractivity contribution in [3.05, 3.63) is 69.6 Å². The fraction of sp³-hybridized carbons (Fsp3) is 0.200. The molecule has 4 nitrogen and oxygen atoms in total. The second-order valence-corrected chi connectivity index (χ2v) is 7.18. The van der Waals surface area contributed by atoms with E-state index in [1.807, 2.05) is 55.5 Å². The average molecular weight is 388 g/mol. The maximum atomic E-state index is 12.2. The minimum atomic E-state index is -0.221. The summed E-state index contributed by atoms with van der Waals surface area (Å²) in [6, 6.07) is 14.9. The van der Waals surface area contributed by atoms with Gasteiger partial charge in [0.05, 0.1) is 4.91 Å². The molecule has 0 unspecified atom stereocenters. The number of thioether (sulfide) groups is 1. The highest BCUT2D eigenvalue weighted by Crippen LogP contribution is 2.32. The van der Waals surface area contributed by atoms with E-state index in [2.05, 4.69) is 0 Å². The van der Waals surface area contributed by atoms with Crippen LogP contribution in [-0.2, 0) is 11.4 Å².